The van der Waals surface area contributed by atoms with Gasteiger partial charge in [-0.05, 0) is 5.56 Å². The minimum Gasteiger partial charge on any atom is -0.324 e. The molecule has 1 saturated heterocycles. The maximum atomic E-state index is 6.24. The average molecular weight is 205 g/mol. The minimum absolute atomic E-state index is 0.189. The quantitative estimate of drug-likeness (QED) is 0.750. The van der Waals surface area contributed by atoms with Crippen LogP contribution in [0.15, 0.2) is 30.3 Å². The van der Waals surface area contributed by atoms with Gasteiger partial charge in [0.05, 0.1) is 32.7 Å². The second-order valence-corrected chi connectivity index (χ2v) is 4.97. The van der Waals surface area contributed by atoms with Crippen LogP contribution in [0.4, 0.5) is 0 Å². The lowest BCUT2D eigenvalue weighted by Gasteiger charge is -2.31. The fourth-order valence-electron chi connectivity index (χ4n) is 2.56. The Bertz CT molecular complexity index is 302. The highest BCUT2D eigenvalue weighted by Gasteiger charge is 2.29. The SMILES string of the molecule is C[N+]1(CC(N)c2ccccc2)CCCC1. The Morgan fingerprint density at radius 3 is 2.40 bits per heavy atom. The number of likely N-dealkylation sites (N-methyl/N-ethyl adjacent to an activating group) is 1. The van der Waals surface area contributed by atoms with Gasteiger partial charge in [0, 0.05) is 12.8 Å². The van der Waals surface area contributed by atoms with Crippen molar-refractivity contribution in [3.05, 3.63) is 35.9 Å². The first-order valence-electron chi connectivity index (χ1n) is 5.84. The molecule has 1 atom stereocenters. The monoisotopic (exact) mass is 205 g/mol. The highest BCUT2D eigenvalue weighted by atomic mass is 15.3. The predicted molar refractivity (Wildman–Crippen MR) is 63.4 cm³/mol. The Labute approximate surface area is 92.3 Å². The average Bonchev–Trinajstić information content (AvgIpc) is 2.66. The third kappa shape index (κ3) is 2.58. The molecule has 0 saturated carbocycles. The summed E-state index contributed by atoms with van der Waals surface area (Å²) < 4.78 is 1.15. The molecule has 1 aromatic carbocycles. The van der Waals surface area contributed by atoms with Crippen LogP contribution >= 0.6 is 0 Å². The lowest BCUT2D eigenvalue weighted by Crippen LogP contribution is -2.45. The zero-order chi connectivity index (χ0) is 10.7. The van der Waals surface area contributed by atoms with Crippen molar-refractivity contribution in [2.75, 3.05) is 26.7 Å². The van der Waals surface area contributed by atoms with Gasteiger partial charge in [0.2, 0.25) is 0 Å². The largest absolute Gasteiger partial charge is 0.324 e. The van der Waals surface area contributed by atoms with Crippen LogP contribution in [0, 0.1) is 0 Å². The van der Waals surface area contributed by atoms with E-state index in [1.807, 2.05) is 6.07 Å². The number of benzene rings is 1. The maximum absolute atomic E-state index is 6.24. The third-order valence-corrected chi connectivity index (χ3v) is 3.51. The van der Waals surface area contributed by atoms with E-state index >= 15 is 0 Å². The van der Waals surface area contributed by atoms with Crippen LogP contribution in [0.2, 0.25) is 0 Å². The van der Waals surface area contributed by atoms with Crippen molar-refractivity contribution in [3.63, 3.8) is 0 Å². The van der Waals surface area contributed by atoms with Crippen LogP contribution in [0.5, 0.6) is 0 Å². The summed E-state index contributed by atoms with van der Waals surface area (Å²) in [5, 5.41) is 0. The molecule has 2 N–H and O–H groups in total. The summed E-state index contributed by atoms with van der Waals surface area (Å²) in [5.41, 5.74) is 7.51. The molecule has 15 heavy (non-hydrogen) atoms. The van der Waals surface area contributed by atoms with E-state index in [1.165, 1.54) is 31.5 Å². The van der Waals surface area contributed by atoms with Gasteiger partial charge in [-0.25, -0.2) is 0 Å². The number of hydrogen-bond acceptors (Lipinski definition) is 1. The predicted octanol–water partition coefficient (Wildman–Crippen LogP) is 1.93. The summed E-state index contributed by atoms with van der Waals surface area (Å²) in [4.78, 5) is 0. The lowest BCUT2D eigenvalue weighted by atomic mass is 10.1. The Morgan fingerprint density at radius 2 is 1.80 bits per heavy atom. The normalized spacial score (nSPS) is 21.5. The van der Waals surface area contributed by atoms with Crippen molar-refractivity contribution < 1.29 is 4.48 Å². The standard InChI is InChI=1S/C13H21N2/c1-15(9-5-6-10-15)11-13(14)12-7-3-2-4-8-12/h2-4,7-8,13H,5-6,9-11,14H2,1H3/q+1. The van der Waals surface area contributed by atoms with E-state index in [0.29, 0.717) is 0 Å². The Hall–Kier alpha value is -0.860. The number of nitrogens with two attached hydrogens (primary N) is 1. The molecule has 0 aliphatic carbocycles. The molecule has 0 bridgehead atoms. The molecule has 1 aromatic rings. The van der Waals surface area contributed by atoms with E-state index in [1.54, 1.807) is 0 Å². The molecule has 82 valence electrons. The molecule has 1 heterocycles. The van der Waals surface area contributed by atoms with Gasteiger partial charge >= 0.3 is 0 Å². The van der Waals surface area contributed by atoms with E-state index in [4.69, 9.17) is 5.73 Å². The smallest absolute Gasteiger partial charge is 0.0980 e. The molecular weight excluding hydrogens is 184 g/mol. The van der Waals surface area contributed by atoms with Crippen LogP contribution in [0.25, 0.3) is 0 Å². The van der Waals surface area contributed by atoms with Crippen molar-refractivity contribution >= 4 is 0 Å². The summed E-state index contributed by atoms with van der Waals surface area (Å²) in [7, 11) is 2.33. The van der Waals surface area contributed by atoms with Crippen LogP contribution < -0.4 is 5.73 Å². The summed E-state index contributed by atoms with van der Waals surface area (Å²) >= 11 is 0. The van der Waals surface area contributed by atoms with E-state index in [9.17, 15) is 0 Å². The van der Waals surface area contributed by atoms with Crippen molar-refractivity contribution in [2.24, 2.45) is 5.73 Å². The van der Waals surface area contributed by atoms with Gasteiger partial charge in [-0.3, -0.25) is 0 Å². The van der Waals surface area contributed by atoms with Gasteiger partial charge in [-0.15, -0.1) is 0 Å². The first-order valence-corrected chi connectivity index (χ1v) is 5.84. The topological polar surface area (TPSA) is 26.0 Å². The van der Waals surface area contributed by atoms with Gasteiger partial charge in [0.25, 0.3) is 0 Å². The summed E-state index contributed by atoms with van der Waals surface area (Å²) in [6.45, 7) is 3.66. The number of hydrogen-bond donors (Lipinski definition) is 1. The highest BCUT2D eigenvalue weighted by molar-refractivity contribution is 5.18. The Morgan fingerprint density at radius 1 is 1.20 bits per heavy atom. The van der Waals surface area contributed by atoms with Crippen molar-refractivity contribution in [1.29, 1.82) is 0 Å². The molecule has 0 radical (unpaired) electrons. The molecule has 1 unspecified atom stereocenters. The van der Waals surface area contributed by atoms with Gasteiger partial charge < -0.3 is 10.2 Å². The molecule has 1 fully saturated rings. The van der Waals surface area contributed by atoms with Crippen molar-refractivity contribution in [2.45, 2.75) is 18.9 Å². The van der Waals surface area contributed by atoms with E-state index in [-0.39, 0.29) is 6.04 Å². The first kappa shape index (κ1) is 10.7. The Kier molecular flexibility index (Phi) is 3.08. The third-order valence-electron chi connectivity index (χ3n) is 3.51. The van der Waals surface area contributed by atoms with Gasteiger partial charge in [-0.1, -0.05) is 30.3 Å². The zero-order valence-corrected chi connectivity index (χ0v) is 9.52. The fourth-order valence-corrected chi connectivity index (χ4v) is 2.56. The molecular formula is C13H21N2+. The summed E-state index contributed by atoms with van der Waals surface area (Å²) in [5.74, 6) is 0. The molecule has 1 aliphatic heterocycles. The van der Waals surface area contributed by atoms with Gasteiger partial charge in [0.1, 0.15) is 0 Å². The van der Waals surface area contributed by atoms with E-state index < -0.39 is 0 Å². The van der Waals surface area contributed by atoms with E-state index in [0.717, 1.165) is 11.0 Å². The summed E-state index contributed by atoms with van der Waals surface area (Å²) in [6, 6.07) is 10.6. The van der Waals surface area contributed by atoms with Crippen LogP contribution in [0.1, 0.15) is 24.4 Å². The number of quaternary nitrogens is 1. The van der Waals surface area contributed by atoms with Gasteiger partial charge in [0.15, 0.2) is 0 Å². The summed E-state index contributed by atoms with van der Waals surface area (Å²) in [6.07, 6.45) is 2.72. The maximum Gasteiger partial charge on any atom is 0.0980 e. The highest BCUT2D eigenvalue weighted by Crippen LogP contribution is 2.21. The van der Waals surface area contributed by atoms with Crippen molar-refractivity contribution in [3.8, 4) is 0 Å². The van der Waals surface area contributed by atoms with Crippen LogP contribution in [0.3, 0.4) is 0 Å². The van der Waals surface area contributed by atoms with Gasteiger partial charge in [-0.2, -0.15) is 0 Å². The van der Waals surface area contributed by atoms with Crippen molar-refractivity contribution in [1.82, 2.24) is 0 Å². The molecule has 0 spiro atoms. The number of rotatable bonds is 3. The minimum atomic E-state index is 0.189. The van der Waals surface area contributed by atoms with Crippen LogP contribution in [-0.2, 0) is 0 Å². The second-order valence-electron chi connectivity index (χ2n) is 4.97. The van der Waals surface area contributed by atoms with E-state index in [2.05, 4.69) is 31.3 Å². The molecule has 2 rings (SSSR count). The number of likely N-dealkylation sites (tertiary alicyclic amines) is 1. The first-order chi connectivity index (χ1) is 7.20. The molecule has 2 nitrogen and oxygen atoms in total. The molecule has 1 aliphatic rings. The zero-order valence-electron chi connectivity index (χ0n) is 9.52. The number of nitrogens with zero attached hydrogens (tertiary/aromatic N) is 1. The molecule has 0 amide bonds. The fraction of sp³-hybridized carbons (Fsp3) is 0.538. The Balaban J connectivity index is 2.00. The lowest BCUT2D eigenvalue weighted by molar-refractivity contribution is -0.899. The molecule has 0 aromatic heterocycles. The molecule has 2 heteroatoms. The second kappa shape index (κ2) is 4.33. The van der Waals surface area contributed by atoms with Crippen LogP contribution in [-0.4, -0.2) is 31.2 Å².